The summed E-state index contributed by atoms with van der Waals surface area (Å²) in [7, 11) is 1.64. The average molecular weight is 440 g/mol. The van der Waals surface area contributed by atoms with Crippen LogP contribution < -0.4 is 4.74 Å². The molecule has 0 unspecified atom stereocenters. The number of nitrogens with zero attached hydrogens (tertiary/aromatic N) is 5. The Morgan fingerprint density at radius 2 is 1.97 bits per heavy atom. The van der Waals surface area contributed by atoms with Gasteiger partial charge in [-0.05, 0) is 36.4 Å². The highest BCUT2D eigenvalue weighted by molar-refractivity contribution is 7.98. The molecule has 2 heterocycles. The summed E-state index contributed by atoms with van der Waals surface area (Å²) in [5, 5.41) is 14.1. The third-order valence-corrected chi connectivity index (χ3v) is 5.57. The molecule has 4 aromatic rings. The van der Waals surface area contributed by atoms with Gasteiger partial charge in [0.25, 0.3) is 5.89 Å². The summed E-state index contributed by atoms with van der Waals surface area (Å²) < 4.78 is 12.6. The zero-order valence-electron chi connectivity index (χ0n) is 16.2. The molecule has 152 valence electrons. The number of halogens is 1. The van der Waals surface area contributed by atoms with E-state index in [0.29, 0.717) is 34.6 Å². The van der Waals surface area contributed by atoms with Crippen molar-refractivity contribution in [3.63, 3.8) is 0 Å². The van der Waals surface area contributed by atoms with Crippen LogP contribution in [0.2, 0.25) is 5.02 Å². The molecule has 7 nitrogen and oxygen atoms in total. The summed E-state index contributed by atoms with van der Waals surface area (Å²) in [5.41, 5.74) is 1.65. The van der Waals surface area contributed by atoms with Crippen LogP contribution >= 0.6 is 23.4 Å². The first kappa shape index (κ1) is 20.2. The van der Waals surface area contributed by atoms with Gasteiger partial charge in [0.05, 0.1) is 23.4 Å². The van der Waals surface area contributed by atoms with Gasteiger partial charge in [0.1, 0.15) is 5.75 Å². The van der Waals surface area contributed by atoms with Crippen LogP contribution in [0.5, 0.6) is 5.75 Å². The first-order valence-electron chi connectivity index (χ1n) is 9.08. The SMILES string of the molecule is C=CCn1c(SCc2noc(-c3ccccc3Cl)n2)nnc1-c1ccc(OC)cc1. The Morgan fingerprint density at radius 3 is 2.70 bits per heavy atom. The van der Waals surface area contributed by atoms with E-state index in [1.807, 2.05) is 53.1 Å². The highest BCUT2D eigenvalue weighted by atomic mass is 35.5. The molecule has 0 saturated heterocycles. The molecule has 0 aliphatic rings. The Labute approximate surface area is 182 Å². The third kappa shape index (κ3) is 4.24. The number of hydrogen-bond donors (Lipinski definition) is 0. The number of methoxy groups -OCH3 is 1. The lowest BCUT2D eigenvalue weighted by molar-refractivity contribution is 0.415. The minimum Gasteiger partial charge on any atom is -0.497 e. The quantitative estimate of drug-likeness (QED) is 0.278. The van der Waals surface area contributed by atoms with Crippen LogP contribution in [0.1, 0.15) is 5.82 Å². The van der Waals surface area contributed by atoms with Crippen molar-refractivity contribution in [2.75, 3.05) is 7.11 Å². The Hall–Kier alpha value is -3.10. The first-order chi connectivity index (χ1) is 14.7. The predicted octanol–water partition coefficient (Wildman–Crippen LogP) is 5.14. The zero-order chi connectivity index (χ0) is 20.9. The summed E-state index contributed by atoms with van der Waals surface area (Å²) in [4.78, 5) is 4.44. The van der Waals surface area contributed by atoms with Crippen LogP contribution in [-0.2, 0) is 12.3 Å². The Bertz CT molecular complexity index is 1160. The molecule has 4 rings (SSSR count). The molecular weight excluding hydrogens is 422 g/mol. The molecule has 0 aliphatic heterocycles. The van der Waals surface area contributed by atoms with Crippen molar-refractivity contribution >= 4 is 23.4 Å². The van der Waals surface area contributed by atoms with E-state index >= 15 is 0 Å². The average Bonchev–Trinajstić information content (AvgIpc) is 3.40. The molecule has 0 spiro atoms. The van der Waals surface area contributed by atoms with E-state index < -0.39 is 0 Å². The highest BCUT2D eigenvalue weighted by Crippen LogP contribution is 2.29. The molecule has 0 saturated carbocycles. The smallest absolute Gasteiger partial charge is 0.259 e. The van der Waals surface area contributed by atoms with Gasteiger partial charge in [-0.2, -0.15) is 4.98 Å². The minimum atomic E-state index is 0.391. The maximum Gasteiger partial charge on any atom is 0.259 e. The summed E-state index contributed by atoms with van der Waals surface area (Å²) in [5.74, 6) is 2.96. The topological polar surface area (TPSA) is 78.9 Å². The largest absolute Gasteiger partial charge is 0.497 e. The lowest BCUT2D eigenvalue weighted by Gasteiger charge is -2.07. The van der Waals surface area contributed by atoms with Crippen molar-refractivity contribution in [2.45, 2.75) is 17.5 Å². The number of hydrogen-bond acceptors (Lipinski definition) is 7. The first-order valence-corrected chi connectivity index (χ1v) is 10.4. The summed E-state index contributed by atoms with van der Waals surface area (Å²) in [6, 6.07) is 15.0. The van der Waals surface area contributed by atoms with E-state index in [1.165, 1.54) is 11.8 Å². The van der Waals surface area contributed by atoms with Gasteiger partial charge >= 0.3 is 0 Å². The van der Waals surface area contributed by atoms with E-state index in [-0.39, 0.29) is 0 Å². The molecular formula is C21H18ClN5O2S. The number of allylic oxidation sites excluding steroid dienone is 1. The molecule has 0 radical (unpaired) electrons. The number of thioether (sulfide) groups is 1. The molecule has 0 fully saturated rings. The maximum absolute atomic E-state index is 6.20. The monoisotopic (exact) mass is 439 g/mol. The van der Waals surface area contributed by atoms with Crippen LogP contribution in [0.25, 0.3) is 22.8 Å². The molecule has 9 heteroatoms. The molecule has 2 aromatic heterocycles. The second kappa shape index (κ2) is 9.15. The van der Waals surface area contributed by atoms with Gasteiger partial charge in [-0.3, -0.25) is 4.57 Å². The molecule has 0 aliphatic carbocycles. The van der Waals surface area contributed by atoms with E-state index in [9.17, 15) is 0 Å². The number of rotatable bonds is 8. The lowest BCUT2D eigenvalue weighted by atomic mass is 10.2. The molecule has 0 amide bonds. The van der Waals surface area contributed by atoms with Gasteiger partial charge in [0, 0.05) is 12.1 Å². The van der Waals surface area contributed by atoms with Crippen LogP contribution in [0.4, 0.5) is 0 Å². The van der Waals surface area contributed by atoms with E-state index in [1.54, 1.807) is 13.2 Å². The molecule has 0 N–H and O–H groups in total. The summed E-state index contributed by atoms with van der Waals surface area (Å²) in [6.45, 7) is 4.42. The van der Waals surface area contributed by atoms with Gasteiger partial charge in [-0.1, -0.05) is 46.7 Å². The van der Waals surface area contributed by atoms with Gasteiger partial charge in [0.2, 0.25) is 0 Å². The van der Waals surface area contributed by atoms with Crippen molar-refractivity contribution in [1.82, 2.24) is 24.9 Å². The Kier molecular flexibility index (Phi) is 6.15. The molecule has 30 heavy (non-hydrogen) atoms. The van der Waals surface area contributed by atoms with Crippen LogP contribution in [-0.4, -0.2) is 32.0 Å². The van der Waals surface area contributed by atoms with Crippen LogP contribution in [0.3, 0.4) is 0 Å². The fourth-order valence-electron chi connectivity index (χ4n) is 2.83. The minimum absolute atomic E-state index is 0.391. The predicted molar refractivity (Wildman–Crippen MR) is 117 cm³/mol. The Morgan fingerprint density at radius 1 is 1.17 bits per heavy atom. The van der Waals surface area contributed by atoms with Crippen molar-refractivity contribution in [1.29, 1.82) is 0 Å². The highest BCUT2D eigenvalue weighted by Gasteiger charge is 2.16. The van der Waals surface area contributed by atoms with Crippen molar-refractivity contribution in [3.05, 3.63) is 72.0 Å². The third-order valence-electron chi connectivity index (χ3n) is 4.28. The van der Waals surface area contributed by atoms with Crippen LogP contribution in [0, 0.1) is 0 Å². The van der Waals surface area contributed by atoms with Gasteiger partial charge in [-0.25, -0.2) is 0 Å². The Balaban J connectivity index is 1.53. The standard InChI is InChI=1S/C21H18ClN5O2S/c1-3-12-27-19(14-8-10-15(28-2)11-9-14)24-25-21(27)30-13-18-23-20(29-26-18)16-6-4-5-7-17(16)22/h3-11H,1,12-13H2,2H3. The van der Waals surface area contributed by atoms with E-state index in [4.69, 9.17) is 20.9 Å². The molecule has 0 bridgehead atoms. The summed E-state index contributed by atoms with van der Waals surface area (Å²) >= 11 is 7.68. The lowest BCUT2D eigenvalue weighted by Crippen LogP contribution is -2.01. The van der Waals surface area contributed by atoms with Gasteiger partial charge in [0.15, 0.2) is 16.8 Å². The number of benzene rings is 2. The molecule has 2 aromatic carbocycles. The van der Waals surface area contributed by atoms with Gasteiger partial charge < -0.3 is 9.26 Å². The van der Waals surface area contributed by atoms with Crippen molar-refractivity contribution in [2.24, 2.45) is 0 Å². The second-order valence-corrected chi connectivity index (χ2v) is 7.57. The van der Waals surface area contributed by atoms with Crippen molar-refractivity contribution in [3.8, 4) is 28.6 Å². The zero-order valence-corrected chi connectivity index (χ0v) is 17.7. The maximum atomic E-state index is 6.20. The number of ether oxygens (including phenoxy) is 1. The fraction of sp³-hybridized carbons (Fsp3) is 0.143. The summed E-state index contributed by atoms with van der Waals surface area (Å²) in [6.07, 6.45) is 1.81. The van der Waals surface area contributed by atoms with E-state index in [2.05, 4.69) is 26.9 Å². The van der Waals surface area contributed by atoms with Gasteiger partial charge in [-0.15, -0.1) is 16.8 Å². The second-order valence-electron chi connectivity index (χ2n) is 6.22. The normalized spacial score (nSPS) is 10.9. The van der Waals surface area contributed by atoms with Crippen molar-refractivity contribution < 1.29 is 9.26 Å². The van der Waals surface area contributed by atoms with E-state index in [0.717, 1.165) is 22.3 Å². The number of aromatic nitrogens is 5. The fourth-order valence-corrected chi connectivity index (χ4v) is 3.84. The molecule has 0 atom stereocenters. The van der Waals surface area contributed by atoms with Crippen LogP contribution in [0.15, 0.2) is 70.9 Å².